The Labute approximate surface area is 148 Å². The first-order valence-corrected chi connectivity index (χ1v) is 8.80. The fraction of sp³-hybridized carbons (Fsp3) is 0.0556. The number of hydrogen-bond donors (Lipinski definition) is 0. The van der Waals surface area contributed by atoms with E-state index in [1.54, 1.807) is 16.3 Å². The lowest BCUT2D eigenvalue weighted by molar-refractivity contribution is 0.844. The van der Waals surface area contributed by atoms with Crippen LogP contribution in [0.2, 0.25) is 5.02 Å². The molecule has 4 nitrogen and oxygen atoms in total. The smallest absolute Gasteiger partial charge is 0.211 e. The minimum Gasteiger partial charge on any atom is -0.211 e. The Morgan fingerprint density at radius 3 is 2.62 bits per heavy atom. The van der Waals surface area contributed by atoms with Gasteiger partial charge in [-0.3, -0.25) is 0 Å². The van der Waals surface area contributed by atoms with Crippen molar-refractivity contribution in [2.45, 2.75) is 10.8 Å². The molecular weight excluding hydrogens is 340 g/mol. The van der Waals surface area contributed by atoms with E-state index in [2.05, 4.69) is 15.1 Å². The van der Waals surface area contributed by atoms with Gasteiger partial charge in [-0.05, 0) is 17.7 Å². The van der Waals surface area contributed by atoms with Crippen LogP contribution in [0.5, 0.6) is 0 Å². The third kappa shape index (κ3) is 3.00. The van der Waals surface area contributed by atoms with Gasteiger partial charge in [0.2, 0.25) is 0 Å². The highest BCUT2D eigenvalue weighted by Crippen LogP contribution is 2.29. The van der Waals surface area contributed by atoms with Gasteiger partial charge < -0.3 is 0 Å². The summed E-state index contributed by atoms with van der Waals surface area (Å²) in [4.78, 5) is 8.83. The Hall–Kier alpha value is -2.37. The molecule has 2 aromatic heterocycles. The molecule has 0 spiro atoms. The highest BCUT2D eigenvalue weighted by atomic mass is 35.5. The molecule has 0 aliphatic heterocycles. The lowest BCUT2D eigenvalue weighted by atomic mass is 10.1. The number of nitrogens with zero attached hydrogens (tertiary/aromatic N) is 4. The highest BCUT2D eigenvalue weighted by Gasteiger charge is 2.10. The fourth-order valence-corrected chi connectivity index (χ4v) is 3.69. The molecule has 0 unspecified atom stereocenters. The lowest BCUT2D eigenvalue weighted by Crippen LogP contribution is -1.98. The number of halogens is 1. The zero-order chi connectivity index (χ0) is 16.4. The molecule has 6 heteroatoms. The number of thioether (sulfide) groups is 1. The third-order valence-electron chi connectivity index (χ3n) is 3.62. The molecule has 4 aromatic rings. The first kappa shape index (κ1) is 15.2. The zero-order valence-corrected chi connectivity index (χ0v) is 14.2. The van der Waals surface area contributed by atoms with E-state index < -0.39 is 0 Å². The van der Waals surface area contributed by atoms with Crippen LogP contribution in [0.1, 0.15) is 5.56 Å². The molecule has 118 valence electrons. The van der Waals surface area contributed by atoms with E-state index in [1.165, 1.54) is 6.33 Å². The second-order valence-corrected chi connectivity index (χ2v) is 6.60. The van der Waals surface area contributed by atoms with E-state index in [4.69, 9.17) is 11.6 Å². The SMILES string of the molecule is Clc1ccccc1CSc1cc(-c2ccccc2)nc2ncnn12. The summed E-state index contributed by atoms with van der Waals surface area (Å²) in [6, 6.07) is 20.0. The third-order valence-corrected chi connectivity index (χ3v) is 5.03. The molecule has 4 rings (SSSR count). The lowest BCUT2D eigenvalue weighted by Gasteiger charge is -2.08. The zero-order valence-electron chi connectivity index (χ0n) is 12.6. The molecule has 0 radical (unpaired) electrons. The van der Waals surface area contributed by atoms with Crippen molar-refractivity contribution >= 4 is 29.1 Å². The van der Waals surface area contributed by atoms with Gasteiger partial charge in [0, 0.05) is 16.3 Å². The van der Waals surface area contributed by atoms with Gasteiger partial charge >= 0.3 is 0 Å². The molecule has 0 N–H and O–H groups in total. The Bertz CT molecular complexity index is 985. The predicted molar refractivity (Wildman–Crippen MR) is 97.2 cm³/mol. The molecular formula is C18H13ClN4S. The van der Waals surface area contributed by atoms with E-state index in [1.807, 2.05) is 60.7 Å². The molecule has 0 aliphatic rings. The van der Waals surface area contributed by atoms with Gasteiger partial charge in [-0.1, -0.05) is 60.1 Å². The molecule has 0 amide bonds. The van der Waals surface area contributed by atoms with Gasteiger partial charge in [0.1, 0.15) is 11.4 Å². The predicted octanol–water partition coefficient (Wildman–Crippen LogP) is 4.74. The van der Waals surface area contributed by atoms with Crippen LogP contribution < -0.4 is 0 Å². The number of rotatable bonds is 4. The second kappa shape index (κ2) is 6.63. The summed E-state index contributed by atoms with van der Waals surface area (Å²) >= 11 is 7.92. The number of hydrogen-bond acceptors (Lipinski definition) is 4. The average Bonchev–Trinajstić information content (AvgIpc) is 3.10. The van der Waals surface area contributed by atoms with Crippen LogP contribution in [0.25, 0.3) is 17.0 Å². The van der Waals surface area contributed by atoms with E-state index in [0.29, 0.717) is 5.78 Å². The van der Waals surface area contributed by atoms with Crippen LogP contribution >= 0.6 is 23.4 Å². The number of benzene rings is 2. The van der Waals surface area contributed by atoms with Crippen LogP contribution in [0, 0.1) is 0 Å². The molecule has 0 aliphatic carbocycles. The maximum absolute atomic E-state index is 6.25. The van der Waals surface area contributed by atoms with Crippen LogP contribution in [0.3, 0.4) is 0 Å². The van der Waals surface area contributed by atoms with E-state index in [9.17, 15) is 0 Å². The number of aromatic nitrogens is 4. The molecule has 0 bridgehead atoms. The summed E-state index contributed by atoms with van der Waals surface area (Å²) in [5.41, 5.74) is 3.04. The first-order chi connectivity index (χ1) is 11.8. The van der Waals surface area contributed by atoms with Gasteiger partial charge in [-0.25, -0.2) is 4.98 Å². The van der Waals surface area contributed by atoms with E-state index in [0.717, 1.165) is 32.6 Å². The van der Waals surface area contributed by atoms with Crippen molar-refractivity contribution in [3.63, 3.8) is 0 Å². The van der Waals surface area contributed by atoms with Crippen molar-refractivity contribution < 1.29 is 0 Å². The first-order valence-electron chi connectivity index (χ1n) is 7.44. The van der Waals surface area contributed by atoms with Crippen LogP contribution in [-0.2, 0) is 5.75 Å². The van der Waals surface area contributed by atoms with Crippen molar-refractivity contribution in [2.24, 2.45) is 0 Å². The molecule has 24 heavy (non-hydrogen) atoms. The van der Waals surface area contributed by atoms with Crippen LogP contribution in [-0.4, -0.2) is 19.6 Å². The summed E-state index contributed by atoms with van der Waals surface area (Å²) in [6.07, 6.45) is 1.52. The van der Waals surface area contributed by atoms with Gasteiger partial charge in [-0.2, -0.15) is 14.6 Å². The summed E-state index contributed by atoms with van der Waals surface area (Å²) in [5, 5.41) is 6.04. The van der Waals surface area contributed by atoms with Gasteiger partial charge in [0.15, 0.2) is 0 Å². The van der Waals surface area contributed by atoms with Crippen molar-refractivity contribution in [1.82, 2.24) is 19.6 Å². The van der Waals surface area contributed by atoms with Gasteiger partial charge in [-0.15, -0.1) is 11.8 Å². The summed E-state index contributed by atoms with van der Waals surface area (Å²) < 4.78 is 1.76. The molecule has 2 aromatic carbocycles. The Balaban J connectivity index is 1.71. The van der Waals surface area contributed by atoms with Gasteiger partial charge in [0.25, 0.3) is 5.78 Å². The maximum atomic E-state index is 6.25. The van der Waals surface area contributed by atoms with Crippen LogP contribution in [0.15, 0.2) is 72.0 Å². The fourth-order valence-electron chi connectivity index (χ4n) is 2.41. The standard InChI is InChI=1S/C18H13ClN4S/c19-15-9-5-4-8-14(15)11-24-17-10-16(13-6-2-1-3-7-13)22-18-20-12-21-23(17)18/h1-10,12H,11H2. The normalized spacial score (nSPS) is 11.0. The molecule has 2 heterocycles. The minimum absolute atomic E-state index is 0.595. The average molecular weight is 353 g/mol. The van der Waals surface area contributed by atoms with Gasteiger partial charge in [0.05, 0.1) is 5.69 Å². The van der Waals surface area contributed by atoms with E-state index >= 15 is 0 Å². The van der Waals surface area contributed by atoms with Crippen molar-refractivity contribution in [3.05, 3.63) is 77.6 Å². The Morgan fingerprint density at radius 2 is 1.79 bits per heavy atom. The van der Waals surface area contributed by atoms with Crippen molar-refractivity contribution in [3.8, 4) is 11.3 Å². The Kier molecular flexibility index (Phi) is 4.19. The molecule has 0 saturated carbocycles. The summed E-state index contributed by atoms with van der Waals surface area (Å²) in [6.45, 7) is 0. The minimum atomic E-state index is 0.595. The monoisotopic (exact) mass is 352 g/mol. The quantitative estimate of drug-likeness (QED) is 0.393. The van der Waals surface area contributed by atoms with E-state index in [-0.39, 0.29) is 0 Å². The maximum Gasteiger partial charge on any atom is 0.253 e. The molecule has 0 atom stereocenters. The summed E-state index contributed by atoms with van der Waals surface area (Å²) in [5.74, 6) is 1.35. The van der Waals surface area contributed by atoms with Crippen molar-refractivity contribution in [1.29, 1.82) is 0 Å². The second-order valence-electron chi connectivity index (χ2n) is 5.20. The largest absolute Gasteiger partial charge is 0.253 e. The topological polar surface area (TPSA) is 43.1 Å². The Morgan fingerprint density at radius 1 is 1.00 bits per heavy atom. The number of fused-ring (bicyclic) bond motifs is 1. The highest BCUT2D eigenvalue weighted by molar-refractivity contribution is 7.98. The molecule has 0 saturated heterocycles. The van der Waals surface area contributed by atoms with Crippen molar-refractivity contribution in [2.75, 3.05) is 0 Å². The van der Waals surface area contributed by atoms with Crippen LogP contribution in [0.4, 0.5) is 0 Å². The summed E-state index contributed by atoms with van der Waals surface area (Å²) in [7, 11) is 0. The molecule has 0 fully saturated rings.